The summed E-state index contributed by atoms with van der Waals surface area (Å²) in [6.07, 6.45) is 6.02. The zero-order valence-corrected chi connectivity index (χ0v) is 10.7. The van der Waals surface area contributed by atoms with Gasteiger partial charge in [-0.15, -0.1) is 0 Å². The second kappa shape index (κ2) is 5.59. The van der Waals surface area contributed by atoms with E-state index >= 15 is 0 Å². The minimum atomic E-state index is 0.407. The summed E-state index contributed by atoms with van der Waals surface area (Å²) >= 11 is 1.46. The molecular weight excluding hydrogens is 222 g/mol. The molecule has 1 aliphatic rings. The van der Waals surface area contributed by atoms with Crippen LogP contribution in [0.25, 0.3) is 0 Å². The van der Waals surface area contributed by atoms with Gasteiger partial charge in [-0.2, -0.15) is 4.37 Å². The normalized spacial score (nSPS) is 25.6. The van der Waals surface area contributed by atoms with Gasteiger partial charge in [0.15, 0.2) is 0 Å². The van der Waals surface area contributed by atoms with Gasteiger partial charge in [0.25, 0.3) is 0 Å². The number of rotatable bonds is 4. The second-order valence-corrected chi connectivity index (χ2v) is 4.99. The van der Waals surface area contributed by atoms with E-state index in [1.165, 1.54) is 30.8 Å². The first-order valence-corrected chi connectivity index (χ1v) is 6.71. The number of hydrogen-bond donors (Lipinski definition) is 1. The minimum absolute atomic E-state index is 0.407. The van der Waals surface area contributed by atoms with Crippen LogP contribution in [0.15, 0.2) is 0 Å². The maximum Gasteiger partial charge on any atom is 0.202 e. The lowest BCUT2D eigenvalue weighted by atomic mass is 9.93. The van der Waals surface area contributed by atoms with Crippen LogP contribution in [-0.2, 0) is 11.2 Å². The Morgan fingerprint density at radius 3 is 3.06 bits per heavy atom. The number of methoxy groups -OCH3 is 1. The van der Waals surface area contributed by atoms with E-state index in [0.717, 1.165) is 23.8 Å². The molecule has 0 aromatic carbocycles. The fourth-order valence-electron chi connectivity index (χ4n) is 2.12. The lowest BCUT2D eigenvalue weighted by Gasteiger charge is -2.28. The van der Waals surface area contributed by atoms with E-state index in [4.69, 9.17) is 4.74 Å². The number of aryl methyl sites for hydroxylation is 1. The van der Waals surface area contributed by atoms with Gasteiger partial charge in [-0.25, -0.2) is 4.98 Å². The van der Waals surface area contributed by atoms with Gasteiger partial charge in [-0.05, 0) is 25.7 Å². The van der Waals surface area contributed by atoms with Gasteiger partial charge in [0.2, 0.25) is 5.13 Å². The zero-order chi connectivity index (χ0) is 11.4. The van der Waals surface area contributed by atoms with Gasteiger partial charge < -0.3 is 10.1 Å². The lowest BCUT2D eigenvalue weighted by Crippen LogP contribution is -2.30. The molecule has 2 atom stereocenters. The second-order valence-electron chi connectivity index (χ2n) is 4.23. The summed E-state index contributed by atoms with van der Waals surface area (Å²) in [5, 5.41) is 4.42. The molecule has 1 heterocycles. The largest absolute Gasteiger partial charge is 0.381 e. The van der Waals surface area contributed by atoms with Gasteiger partial charge >= 0.3 is 0 Å². The van der Waals surface area contributed by atoms with Crippen LogP contribution in [0.1, 0.15) is 38.4 Å². The van der Waals surface area contributed by atoms with Gasteiger partial charge in [-0.3, -0.25) is 0 Å². The van der Waals surface area contributed by atoms with Crippen LogP contribution in [0.4, 0.5) is 5.13 Å². The number of ether oxygens (including phenoxy) is 1. The Kier molecular flexibility index (Phi) is 4.12. The highest BCUT2D eigenvalue weighted by Crippen LogP contribution is 2.24. The summed E-state index contributed by atoms with van der Waals surface area (Å²) < 4.78 is 9.69. The Morgan fingerprint density at radius 2 is 2.38 bits per heavy atom. The number of nitrogens with one attached hydrogen (secondary N) is 1. The lowest BCUT2D eigenvalue weighted by molar-refractivity contribution is 0.0669. The molecule has 16 heavy (non-hydrogen) atoms. The van der Waals surface area contributed by atoms with E-state index < -0.39 is 0 Å². The van der Waals surface area contributed by atoms with E-state index in [2.05, 4.69) is 21.6 Å². The summed E-state index contributed by atoms with van der Waals surface area (Å²) in [6.45, 7) is 2.08. The predicted molar refractivity (Wildman–Crippen MR) is 66.0 cm³/mol. The minimum Gasteiger partial charge on any atom is -0.381 e. The third kappa shape index (κ3) is 2.92. The number of nitrogens with zero attached hydrogens (tertiary/aromatic N) is 2. The van der Waals surface area contributed by atoms with Crippen molar-refractivity contribution in [3.05, 3.63) is 5.82 Å². The fraction of sp³-hybridized carbons (Fsp3) is 0.818. The molecule has 4 nitrogen and oxygen atoms in total. The van der Waals surface area contributed by atoms with Crippen molar-refractivity contribution in [3.8, 4) is 0 Å². The molecule has 0 aliphatic heterocycles. The highest BCUT2D eigenvalue weighted by atomic mass is 32.1. The van der Waals surface area contributed by atoms with Crippen molar-refractivity contribution in [1.82, 2.24) is 9.36 Å². The molecule has 1 aliphatic carbocycles. The Labute approximate surface area is 101 Å². The Bertz CT molecular complexity index is 329. The first kappa shape index (κ1) is 11.8. The van der Waals surface area contributed by atoms with Crippen molar-refractivity contribution in [2.45, 2.75) is 51.2 Å². The van der Waals surface area contributed by atoms with Crippen LogP contribution < -0.4 is 5.32 Å². The average molecular weight is 241 g/mol. The van der Waals surface area contributed by atoms with Crippen molar-refractivity contribution in [2.24, 2.45) is 0 Å². The molecule has 1 aromatic heterocycles. The zero-order valence-electron chi connectivity index (χ0n) is 9.90. The molecule has 0 spiro atoms. The van der Waals surface area contributed by atoms with Gasteiger partial charge in [0, 0.05) is 31.1 Å². The summed E-state index contributed by atoms with van der Waals surface area (Å²) in [7, 11) is 1.80. The fourth-order valence-corrected chi connectivity index (χ4v) is 2.85. The Balaban J connectivity index is 1.88. The van der Waals surface area contributed by atoms with Crippen molar-refractivity contribution in [1.29, 1.82) is 0 Å². The monoisotopic (exact) mass is 241 g/mol. The number of hydrogen-bond acceptors (Lipinski definition) is 5. The molecule has 1 fully saturated rings. The van der Waals surface area contributed by atoms with E-state index in [1.54, 1.807) is 7.11 Å². The van der Waals surface area contributed by atoms with Crippen LogP contribution in [0, 0.1) is 0 Å². The molecule has 2 unspecified atom stereocenters. The molecule has 0 bridgehead atoms. The smallest absolute Gasteiger partial charge is 0.202 e. The van der Waals surface area contributed by atoms with Crippen LogP contribution in [0.3, 0.4) is 0 Å². The standard InChI is InChI=1S/C11H19N3OS/c1-3-10-13-11(16-14-10)12-8-5-4-6-9(7-8)15-2/h8-9H,3-7H2,1-2H3,(H,12,13,14). The first-order chi connectivity index (χ1) is 7.81. The maximum atomic E-state index is 5.41. The quantitative estimate of drug-likeness (QED) is 0.879. The molecule has 1 saturated carbocycles. The third-order valence-electron chi connectivity index (χ3n) is 3.07. The van der Waals surface area contributed by atoms with E-state index in [0.29, 0.717) is 12.1 Å². The average Bonchev–Trinajstić information content (AvgIpc) is 2.77. The number of aromatic nitrogens is 2. The Hall–Kier alpha value is -0.680. The molecule has 1 N–H and O–H groups in total. The van der Waals surface area contributed by atoms with Crippen molar-refractivity contribution in [3.63, 3.8) is 0 Å². The predicted octanol–water partition coefficient (Wildman–Crippen LogP) is 2.47. The van der Waals surface area contributed by atoms with E-state index in [1.807, 2.05) is 0 Å². The van der Waals surface area contributed by atoms with Crippen LogP contribution in [0.5, 0.6) is 0 Å². The van der Waals surface area contributed by atoms with Crippen molar-refractivity contribution < 1.29 is 4.74 Å². The molecular formula is C11H19N3OS. The third-order valence-corrected chi connectivity index (χ3v) is 3.76. The van der Waals surface area contributed by atoms with E-state index in [-0.39, 0.29) is 0 Å². The molecule has 5 heteroatoms. The van der Waals surface area contributed by atoms with Crippen molar-refractivity contribution >= 4 is 16.7 Å². The van der Waals surface area contributed by atoms with Crippen molar-refractivity contribution in [2.75, 3.05) is 12.4 Å². The first-order valence-electron chi connectivity index (χ1n) is 5.93. The molecule has 0 saturated heterocycles. The highest BCUT2D eigenvalue weighted by molar-refractivity contribution is 7.09. The Morgan fingerprint density at radius 1 is 1.50 bits per heavy atom. The molecule has 90 valence electrons. The molecule has 2 rings (SSSR count). The summed E-state index contributed by atoms with van der Waals surface area (Å²) in [5.74, 6) is 0.937. The van der Waals surface area contributed by atoms with Crippen LogP contribution >= 0.6 is 11.5 Å². The summed E-state index contributed by atoms with van der Waals surface area (Å²) in [4.78, 5) is 4.43. The van der Waals surface area contributed by atoms with E-state index in [9.17, 15) is 0 Å². The van der Waals surface area contributed by atoms with Crippen LogP contribution in [-0.4, -0.2) is 28.6 Å². The van der Waals surface area contributed by atoms with Crippen LogP contribution in [0.2, 0.25) is 0 Å². The molecule has 0 radical (unpaired) electrons. The maximum absolute atomic E-state index is 5.41. The van der Waals surface area contributed by atoms with Gasteiger partial charge in [0.1, 0.15) is 5.82 Å². The topological polar surface area (TPSA) is 47.0 Å². The summed E-state index contributed by atoms with van der Waals surface area (Å²) in [6, 6.07) is 0.497. The van der Waals surface area contributed by atoms with Gasteiger partial charge in [-0.1, -0.05) is 6.92 Å². The summed E-state index contributed by atoms with van der Waals surface area (Å²) in [5.41, 5.74) is 0. The molecule has 1 aromatic rings. The van der Waals surface area contributed by atoms with Gasteiger partial charge in [0.05, 0.1) is 6.10 Å². The highest BCUT2D eigenvalue weighted by Gasteiger charge is 2.22. The number of anilines is 1. The molecule has 0 amide bonds. The SMILES string of the molecule is CCc1nsc(NC2CCCC(OC)C2)n1.